The molecule has 0 amide bonds. The van der Waals surface area contributed by atoms with Crippen molar-refractivity contribution in [1.29, 1.82) is 0 Å². The van der Waals surface area contributed by atoms with Crippen molar-refractivity contribution in [3.63, 3.8) is 0 Å². The minimum Gasteiger partial charge on any atom is -0.494 e. The van der Waals surface area contributed by atoms with Gasteiger partial charge in [-0.25, -0.2) is 0 Å². The minimum absolute atomic E-state index is 0.812. The van der Waals surface area contributed by atoms with E-state index in [0.717, 1.165) is 37.6 Å². The van der Waals surface area contributed by atoms with Crippen molar-refractivity contribution in [2.75, 3.05) is 30.3 Å². The summed E-state index contributed by atoms with van der Waals surface area (Å²) in [6.07, 6.45) is 4.95. The van der Waals surface area contributed by atoms with Crippen LogP contribution in [-0.2, 0) is 0 Å². The first kappa shape index (κ1) is 19.2. The highest BCUT2D eigenvalue weighted by atomic mass is 16.5. The smallest absolute Gasteiger partial charge is 0.119 e. The number of ether oxygens (including phenoxy) is 1. The maximum absolute atomic E-state index is 5.77. The number of aryl methyl sites for hydroxylation is 2. The van der Waals surface area contributed by atoms with Crippen LogP contribution in [0.1, 0.15) is 43.7 Å². The number of rotatable bonds is 11. The van der Waals surface area contributed by atoms with E-state index in [1.54, 1.807) is 0 Å². The molecular formula is C22H32N2O. The Labute approximate surface area is 152 Å². The zero-order valence-corrected chi connectivity index (χ0v) is 15.9. The summed E-state index contributed by atoms with van der Waals surface area (Å²) in [4.78, 5) is 0. The fourth-order valence-corrected chi connectivity index (χ4v) is 2.65. The van der Waals surface area contributed by atoms with E-state index in [-0.39, 0.29) is 0 Å². The zero-order valence-electron chi connectivity index (χ0n) is 15.9. The number of hydrogen-bond acceptors (Lipinski definition) is 3. The van der Waals surface area contributed by atoms with E-state index >= 15 is 0 Å². The number of hydrogen-bond donors (Lipinski definition) is 2. The summed E-state index contributed by atoms with van der Waals surface area (Å²) in [5, 5.41) is 6.89. The summed E-state index contributed by atoms with van der Waals surface area (Å²) in [5.74, 6) is 0.954. The second-order valence-electron chi connectivity index (χ2n) is 6.59. The Morgan fingerprint density at radius 3 is 2.12 bits per heavy atom. The summed E-state index contributed by atoms with van der Waals surface area (Å²) in [6.45, 7) is 9.09. The Morgan fingerprint density at radius 2 is 1.44 bits per heavy atom. The Balaban J connectivity index is 1.64. The standard InChI is InChI=1S/C22H32N2O/c1-4-5-6-7-16-25-22-12-10-20(11-13-22)23-14-15-24-21-9-8-18(2)19(3)17-21/h8-13,17,23-24H,4-7,14-16H2,1-3H3. The van der Waals surface area contributed by atoms with Gasteiger partial charge in [-0.05, 0) is 67.8 Å². The number of nitrogens with one attached hydrogen (secondary N) is 2. The molecule has 0 atom stereocenters. The van der Waals surface area contributed by atoms with Gasteiger partial charge in [-0.1, -0.05) is 32.3 Å². The molecule has 0 radical (unpaired) electrons. The van der Waals surface area contributed by atoms with Gasteiger partial charge in [0.05, 0.1) is 6.61 Å². The molecule has 3 heteroatoms. The van der Waals surface area contributed by atoms with Gasteiger partial charge in [0.2, 0.25) is 0 Å². The monoisotopic (exact) mass is 340 g/mol. The molecule has 0 aromatic heterocycles. The zero-order chi connectivity index (χ0) is 17.9. The maximum Gasteiger partial charge on any atom is 0.119 e. The first-order valence-electron chi connectivity index (χ1n) is 9.47. The molecule has 2 rings (SSSR count). The second kappa shape index (κ2) is 10.7. The Morgan fingerprint density at radius 1 is 0.760 bits per heavy atom. The van der Waals surface area contributed by atoms with Crippen molar-refractivity contribution < 1.29 is 4.74 Å². The van der Waals surface area contributed by atoms with E-state index < -0.39 is 0 Å². The SMILES string of the molecule is CCCCCCOc1ccc(NCCNc2ccc(C)c(C)c2)cc1. The third kappa shape index (κ3) is 7.08. The molecule has 0 unspecified atom stereocenters. The normalized spacial score (nSPS) is 10.5. The molecule has 2 N–H and O–H groups in total. The highest BCUT2D eigenvalue weighted by Gasteiger charge is 1.98. The molecular weight excluding hydrogens is 308 g/mol. The van der Waals surface area contributed by atoms with Crippen LogP contribution in [0.2, 0.25) is 0 Å². The topological polar surface area (TPSA) is 33.3 Å². The molecule has 0 spiro atoms. The van der Waals surface area contributed by atoms with Gasteiger partial charge in [-0.3, -0.25) is 0 Å². The largest absolute Gasteiger partial charge is 0.494 e. The minimum atomic E-state index is 0.812. The van der Waals surface area contributed by atoms with Crippen molar-refractivity contribution in [2.45, 2.75) is 46.5 Å². The molecule has 0 aliphatic carbocycles. The van der Waals surface area contributed by atoms with E-state index in [2.05, 4.69) is 61.7 Å². The van der Waals surface area contributed by atoms with E-state index in [4.69, 9.17) is 4.74 Å². The van der Waals surface area contributed by atoms with Crippen LogP contribution >= 0.6 is 0 Å². The van der Waals surface area contributed by atoms with Crippen LogP contribution in [0, 0.1) is 13.8 Å². The highest BCUT2D eigenvalue weighted by Crippen LogP contribution is 2.16. The fourth-order valence-electron chi connectivity index (χ4n) is 2.65. The summed E-state index contributed by atoms with van der Waals surface area (Å²) < 4.78 is 5.77. The summed E-state index contributed by atoms with van der Waals surface area (Å²) in [6, 6.07) is 14.7. The molecule has 3 nitrogen and oxygen atoms in total. The summed E-state index contributed by atoms with van der Waals surface area (Å²) >= 11 is 0. The van der Waals surface area contributed by atoms with Gasteiger partial charge in [0.1, 0.15) is 5.75 Å². The van der Waals surface area contributed by atoms with Crippen molar-refractivity contribution in [2.24, 2.45) is 0 Å². The van der Waals surface area contributed by atoms with Gasteiger partial charge in [-0.15, -0.1) is 0 Å². The molecule has 136 valence electrons. The number of benzene rings is 2. The third-order valence-electron chi connectivity index (χ3n) is 4.41. The van der Waals surface area contributed by atoms with Crippen LogP contribution in [0.15, 0.2) is 42.5 Å². The lowest BCUT2D eigenvalue weighted by molar-refractivity contribution is 0.305. The lowest BCUT2D eigenvalue weighted by Crippen LogP contribution is -2.13. The molecule has 0 bridgehead atoms. The van der Waals surface area contributed by atoms with Gasteiger partial charge in [0.15, 0.2) is 0 Å². The molecule has 0 saturated heterocycles. The van der Waals surface area contributed by atoms with Crippen molar-refractivity contribution in [3.05, 3.63) is 53.6 Å². The number of unbranched alkanes of at least 4 members (excludes halogenated alkanes) is 3. The molecule has 0 heterocycles. The Bertz CT molecular complexity index is 622. The van der Waals surface area contributed by atoms with Crippen molar-refractivity contribution in [3.8, 4) is 5.75 Å². The highest BCUT2D eigenvalue weighted by molar-refractivity contribution is 5.49. The molecule has 2 aromatic carbocycles. The third-order valence-corrected chi connectivity index (χ3v) is 4.41. The van der Waals surface area contributed by atoms with Gasteiger partial charge in [-0.2, -0.15) is 0 Å². The average Bonchev–Trinajstić information content (AvgIpc) is 2.62. The lowest BCUT2D eigenvalue weighted by Gasteiger charge is -2.11. The molecule has 0 aliphatic heterocycles. The fraction of sp³-hybridized carbons (Fsp3) is 0.455. The van der Waals surface area contributed by atoms with E-state index in [1.807, 2.05) is 12.1 Å². The van der Waals surface area contributed by atoms with Crippen LogP contribution in [-0.4, -0.2) is 19.7 Å². The predicted molar refractivity (Wildman–Crippen MR) is 109 cm³/mol. The van der Waals surface area contributed by atoms with Gasteiger partial charge in [0, 0.05) is 24.5 Å². The van der Waals surface area contributed by atoms with Crippen LogP contribution in [0.3, 0.4) is 0 Å². The van der Waals surface area contributed by atoms with Crippen LogP contribution in [0.4, 0.5) is 11.4 Å². The molecule has 0 saturated carbocycles. The summed E-state index contributed by atoms with van der Waals surface area (Å²) in [7, 11) is 0. The Hall–Kier alpha value is -2.16. The van der Waals surface area contributed by atoms with E-state index in [9.17, 15) is 0 Å². The van der Waals surface area contributed by atoms with Gasteiger partial charge >= 0.3 is 0 Å². The molecule has 0 fully saturated rings. The van der Waals surface area contributed by atoms with Gasteiger partial charge in [0.25, 0.3) is 0 Å². The van der Waals surface area contributed by atoms with E-state index in [0.29, 0.717) is 0 Å². The van der Waals surface area contributed by atoms with Crippen LogP contribution < -0.4 is 15.4 Å². The van der Waals surface area contributed by atoms with Gasteiger partial charge < -0.3 is 15.4 Å². The predicted octanol–water partition coefficient (Wildman–Crippen LogP) is 5.79. The number of anilines is 2. The second-order valence-corrected chi connectivity index (χ2v) is 6.59. The quantitative estimate of drug-likeness (QED) is 0.508. The molecule has 2 aromatic rings. The molecule has 25 heavy (non-hydrogen) atoms. The lowest BCUT2D eigenvalue weighted by atomic mass is 10.1. The van der Waals surface area contributed by atoms with Crippen molar-refractivity contribution >= 4 is 11.4 Å². The molecule has 0 aliphatic rings. The van der Waals surface area contributed by atoms with Crippen LogP contribution in [0.5, 0.6) is 5.75 Å². The van der Waals surface area contributed by atoms with Crippen LogP contribution in [0.25, 0.3) is 0 Å². The Kier molecular flexibility index (Phi) is 8.17. The maximum atomic E-state index is 5.77. The average molecular weight is 341 g/mol. The first-order valence-corrected chi connectivity index (χ1v) is 9.47. The van der Waals surface area contributed by atoms with E-state index in [1.165, 1.54) is 36.1 Å². The first-order chi connectivity index (χ1) is 12.2. The summed E-state index contributed by atoms with van der Waals surface area (Å²) in [5.41, 5.74) is 4.96. The van der Waals surface area contributed by atoms with Crippen molar-refractivity contribution in [1.82, 2.24) is 0 Å².